The summed E-state index contributed by atoms with van der Waals surface area (Å²) < 4.78 is 25.0. The molecule has 0 aliphatic carbocycles. The minimum atomic E-state index is -3.06. The summed E-state index contributed by atoms with van der Waals surface area (Å²) in [7, 11) is -3.06. The number of sulfonamides is 1. The Kier molecular flexibility index (Phi) is 4.69. The summed E-state index contributed by atoms with van der Waals surface area (Å²) in [6, 6.07) is 0. The van der Waals surface area contributed by atoms with Crippen LogP contribution in [0.2, 0.25) is 0 Å². The van der Waals surface area contributed by atoms with Crippen LogP contribution < -0.4 is 5.73 Å². The molecule has 1 aliphatic heterocycles. The van der Waals surface area contributed by atoms with Crippen LogP contribution in [0.3, 0.4) is 0 Å². The Morgan fingerprint density at radius 2 is 1.88 bits per heavy atom. The molecule has 94 valence electrons. The molecular weight excluding hydrogens is 228 g/mol. The van der Waals surface area contributed by atoms with Crippen molar-refractivity contribution < 1.29 is 8.42 Å². The zero-order chi connectivity index (χ0) is 12.2. The third kappa shape index (κ3) is 3.73. The van der Waals surface area contributed by atoms with Gasteiger partial charge >= 0.3 is 0 Å². The van der Waals surface area contributed by atoms with Gasteiger partial charge in [-0.1, -0.05) is 6.92 Å². The van der Waals surface area contributed by atoms with Crippen LogP contribution in [0.1, 0.15) is 13.3 Å². The van der Waals surface area contributed by atoms with Crippen molar-refractivity contribution in [3.05, 3.63) is 0 Å². The van der Waals surface area contributed by atoms with Crippen molar-refractivity contribution in [1.82, 2.24) is 9.21 Å². The fraction of sp³-hybridized carbons (Fsp3) is 0.889. The normalized spacial score (nSPS) is 19.8. The number of hydrogen-bond donors (Lipinski definition) is 2. The van der Waals surface area contributed by atoms with Crippen LogP contribution in [0.15, 0.2) is 0 Å². The maximum atomic E-state index is 11.8. The first-order valence-corrected chi connectivity index (χ1v) is 7.09. The van der Waals surface area contributed by atoms with Crippen molar-refractivity contribution in [3.8, 4) is 0 Å². The van der Waals surface area contributed by atoms with Crippen molar-refractivity contribution >= 4 is 15.9 Å². The fourth-order valence-corrected chi connectivity index (χ4v) is 3.29. The van der Waals surface area contributed by atoms with Gasteiger partial charge in [0.05, 0.1) is 12.3 Å². The summed E-state index contributed by atoms with van der Waals surface area (Å²) in [6.45, 7) is 4.63. The van der Waals surface area contributed by atoms with Gasteiger partial charge in [-0.2, -0.15) is 4.31 Å². The maximum Gasteiger partial charge on any atom is 0.214 e. The van der Waals surface area contributed by atoms with Gasteiger partial charge in [0.15, 0.2) is 0 Å². The third-order valence-corrected chi connectivity index (χ3v) is 4.66. The molecule has 0 aromatic carbocycles. The lowest BCUT2D eigenvalue weighted by Gasteiger charge is -2.33. The molecule has 1 fully saturated rings. The van der Waals surface area contributed by atoms with Crippen LogP contribution in [0, 0.1) is 5.41 Å². The van der Waals surface area contributed by atoms with Gasteiger partial charge in [-0.05, 0) is 6.42 Å². The zero-order valence-electron chi connectivity index (χ0n) is 9.65. The monoisotopic (exact) mass is 248 g/mol. The number of nitrogens with two attached hydrogens (primary N) is 1. The minimum absolute atomic E-state index is 0.130. The first kappa shape index (κ1) is 13.4. The predicted molar refractivity (Wildman–Crippen MR) is 64.0 cm³/mol. The van der Waals surface area contributed by atoms with Gasteiger partial charge in [0, 0.05) is 26.2 Å². The molecule has 0 radical (unpaired) electrons. The molecule has 1 heterocycles. The molecule has 7 heteroatoms. The van der Waals surface area contributed by atoms with Gasteiger partial charge in [-0.25, -0.2) is 8.42 Å². The Morgan fingerprint density at radius 3 is 2.31 bits per heavy atom. The largest absolute Gasteiger partial charge is 0.387 e. The van der Waals surface area contributed by atoms with Crippen LogP contribution in [-0.2, 0) is 10.0 Å². The summed E-state index contributed by atoms with van der Waals surface area (Å²) >= 11 is 0. The third-order valence-electron chi connectivity index (χ3n) is 2.58. The van der Waals surface area contributed by atoms with Gasteiger partial charge < -0.3 is 5.73 Å². The van der Waals surface area contributed by atoms with Crippen LogP contribution in [-0.4, -0.2) is 61.9 Å². The van der Waals surface area contributed by atoms with E-state index in [1.54, 1.807) is 0 Å². The molecule has 3 N–H and O–H groups in total. The van der Waals surface area contributed by atoms with Crippen molar-refractivity contribution in [3.63, 3.8) is 0 Å². The number of piperazine rings is 1. The molecule has 0 amide bonds. The topological polar surface area (TPSA) is 90.5 Å². The highest BCUT2D eigenvalue weighted by Gasteiger charge is 2.25. The smallest absolute Gasteiger partial charge is 0.214 e. The predicted octanol–water partition coefficient (Wildman–Crippen LogP) is -0.720. The molecule has 1 aliphatic rings. The van der Waals surface area contributed by atoms with E-state index in [1.807, 2.05) is 11.8 Å². The van der Waals surface area contributed by atoms with E-state index >= 15 is 0 Å². The molecule has 0 spiro atoms. The van der Waals surface area contributed by atoms with Gasteiger partial charge in [-0.3, -0.25) is 10.3 Å². The van der Waals surface area contributed by atoms with E-state index in [9.17, 15) is 8.42 Å². The molecule has 0 unspecified atom stereocenters. The molecule has 6 nitrogen and oxygen atoms in total. The molecule has 0 aromatic rings. The number of amidine groups is 1. The molecule has 1 saturated heterocycles. The first-order valence-electron chi connectivity index (χ1n) is 5.49. The fourth-order valence-electron chi connectivity index (χ4n) is 1.79. The Bertz CT molecular complexity index is 333. The second-order valence-corrected chi connectivity index (χ2v) is 6.10. The maximum absolute atomic E-state index is 11.8. The van der Waals surface area contributed by atoms with E-state index in [4.69, 9.17) is 11.1 Å². The molecule has 0 atom stereocenters. The Labute approximate surface area is 97.0 Å². The van der Waals surface area contributed by atoms with Crippen LogP contribution >= 0.6 is 0 Å². The van der Waals surface area contributed by atoms with Crippen molar-refractivity contribution in [2.24, 2.45) is 5.73 Å². The molecule has 0 saturated carbocycles. The van der Waals surface area contributed by atoms with E-state index in [2.05, 4.69) is 0 Å². The average molecular weight is 248 g/mol. The van der Waals surface area contributed by atoms with Crippen molar-refractivity contribution in [2.75, 3.05) is 38.5 Å². The average Bonchev–Trinajstić information content (AvgIpc) is 2.17. The van der Waals surface area contributed by atoms with E-state index in [0.717, 1.165) is 0 Å². The molecule has 1 rings (SSSR count). The molecule has 0 aromatic heterocycles. The number of nitrogens with zero attached hydrogens (tertiary/aromatic N) is 2. The van der Waals surface area contributed by atoms with Crippen LogP contribution in [0.4, 0.5) is 0 Å². The number of rotatable bonds is 5. The van der Waals surface area contributed by atoms with Gasteiger partial charge in [0.1, 0.15) is 5.84 Å². The van der Waals surface area contributed by atoms with Crippen molar-refractivity contribution in [2.45, 2.75) is 13.3 Å². The molecule has 0 bridgehead atoms. The first-order chi connectivity index (χ1) is 7.45. The number of nitrogens with one attached hydrogen (secondary N) is 1. The quantitative estimate of drug-likeness (QED) is 0.496. The van der Waals surface area contributed by atoms with Gasteiger partial charge in [-0.15, -0.1) is 0 Å². The van der Waals surface area contributed by atoms with Crippen molar-refractivity contribution in [1.29, 1.82) is 5.41 Å². The van der Waals surface area contributed by atoms with E-state index in [-0.39, 0.29) is 11.6 Å². The Hall–Kier alpha value is -0.660. The lowest BCUT2D eigenvalue weighted by molar-refractivity contribution is 0.209. The summed E-state index contributed by atoms with van der Waals surface area (Å²) in [5.74, 6) is 0.351. The summed E-state index contributed by atoms with van der Waals surface area (Å²) in [6.07, 6.45) is 0.649. The van der Waals surface area contributed by atoms with E-state index in [0.29, 0.717) is 39.1 Å². The summed E-state index contributed by atoms with van der Waals surface area (Å²) in [5.41, 5.74) is 5.30. The highest BCUT2D eigenvalue weighted by molar-refractivity contribution is 7.89. The lowest BCUT2D eigenvalue weighted by Crippen LogP contribution is -2.50. The summed E-state index contributed by atoms with van der Waals surface area (Å²) in [4.78, 5) is 2.00. The molecular formula is C9H20N4O2S. The number of hydrogen-bond acceptors (Lipinski definition) is 4. The second-order valence-electron chi connectivity index (χ2n) is 4.02. The minimum Gasteiger partial charge on any atom is -0.387 e. The standard InChI is InChI=1S/C9H20N4O2S/c1-2-7-16(14,15)13-5-3-12(4-6-13)8-9(10)11/h2-8H2,1H3,(H3,10,11). The highest BCUT2D eigenvalue weighted by atomic mass is 32.2. The SMILES string of the molecule is CCCS(=O)(=O)N1CCN(CC(=N)N)CC1. The summed E-state index contributed by atoms with van der Waals surface area (Å²) in [5, 5.41) is 7.17. The van der Waals surface area contributed by atoms with Crippen LogP contribution in [0.25, 0.3) is 0 Å². The highest BCUT2D eigenvalue weighted by Crippen LogP contribution is 2.08. The van der Waals surface area contributed by atoms with Gasteiger partial charge in [0.25, 0.3) is 0 Å². The Balaban J connectivity index is 2.46. The second kappa shape index (κ2) is 5.60. The lowest BCUT2D eigenvalue weighted by atomic mass is 10.3. The molecule has 16 heavy (non-hydrogen) atoms. The Morgan fingerprint density at radius 1 is 1.31 bits per heavy atom. The van der Waals surface area contributed by atoms with E-state index in [1.165, 1.54) is 4.31 Å². The van der Waals surface area contributed by atoms with Gasteiger partial charge in [0.2, 0.25) is 10.0 Å². The zero-order valence-corrected chi connectivity index (χ0v) is 10.5. The van der Waals surface area contributed by atoms with Crippen LogP contribution in [0.5, 0.6) is 0 Å². The van der Waals surface area contributed by atoms with E-state index < -0.39 is 10.0 Å².